The van der Waals surface area contributed by atoms with Crippen molar-refractivity contribution < 1.29 is 17.7 Å². The van der Waals surface area contributed by atoms with E-state index in [-0.39, 0.29) is 39.5 Å². The molecule has 1 aliphatic carbocycles. The zero-order chi connectivity index (χ0) is 16.6. The lowest BCUT2D eigenvalue weighted by Crippen LogP contribution is -2.27. The number of nitrogens with one attached hydrogen (secondary N) is 2. The summed E-state index contributed by atoms with van der Waals surface area (Å²) < 4.78 is 32.5. The maximum atomic E-state index is 12.6. The molecule has 1 aromatic carbocycles. The molecule has 0 radical (unpaired) electrons. The van der Waals surface area contributed by atoms with Gasteiger partial charge in [-0.15, -0.1) is 0 Å². The van der Waals surface area contributed by atoms with Gasteiger partial charge in [-0.25, -0.2) is 8.42 Å². The average Bonchev–Trinajstić information content (AvgIpc) is 3.22. The van der Waals surface area contributed by atoms with Crippen molar-refractivity contribution in [3.8, 4) is 0 Å². The van der Waals surface area contributed by atoms with E-state index in [9.17, 15) is 13.2 Å². The second-order valence-electron chi connectivity index (χ2n) is 5.55. The predicted molar refractivity (Wildman–Crippen MR) is 83.7 cm³/mol. The van der Waals surface area contributed by atoms with Crippen molar-refractivity contribution in [2.45, 2.75) is 37.6 Å². The van der Waals surface area contributed by atoms with Crippen molar-refractivity contribution in [1.82, 2.24) is 10.5 Å². The van der Waals surface area contributed by atoms with Crippen LogP contribution in [0.5, 0.6) is 0 Å². The number of rotatable bonds is 5. The van der Waals surface area contributed by atoms with Crippen LogP contribution in [0.2, 0.25) is 0 Å². The third-order valence-corrected chi connectivity index (χ3v) is 5.17. The van der Waals surface area contributed by atoms with E-state index in [4.69, 9.17) is 4.52 Å². The Morgan fingerprint density at radius 3 is 2.57 bits per heavy atom. The van der Waals surface area contributed by atoms with Crippen molar-refractivity contribution in [2.24, 2.45) is 0 Å². The van der Waals surface area contributed by atoms with Gasteiger partial charge in [0, 0.05) is 6.04 Å². The summed E-state index contributed by atoms with van der Waals surface area (Å²) in [4.78, 5) is 12.2. The van der Waals surface area contributed by atoms with E-state index in [0.29, 0.717) is 0 Å². The van der Waals surface area contributed by atoms with Crippen molar-refractivity contribution in [2.75, 3.05) is 4.72 Å². The SMILES string of the molecule is Cc1noc(C)c1S(=O)(=O)Nc1ccccc1C(=O)NC1CC1. The van der Waals surface area contributed by atoms with Crippen LogP contribution in [0, 0.1) is 13.8 Å². The molecule has 0 unspecified atom stereocenters. The highest BCUT2D eigenvalue weighted by Gasteiger charge is 2.28. The van der Waals surface area contributed by atoms with E-state index in [2.05, 4.69) is 15.2 Å². The highest BCUT2D eigenvalue weighted by atomic mass is 32.2. The highest BCUT2D eigenvalue weighted by Crippen LogP contribution is 2.25. The Kier molecular flexibility index (Phi) is 3.85. The number of aromatic nitrogens is 1. The van der Waals surface area contributed by atoms with E-state index >= 15 is 0 Å². The summed E-state index contributed by atoms with van der Waals surface area (Å²) >= 11 is 0. The molecule has 0 saturated heterocycles. The van der Waals surface area contributed by atoms with Gasteiger partial charge < -0.3 is 9.84 Å². The number of hydrogen-bond acceptors (Lipinski definition) is 5. The summed E-state index contributed by atoms with van der Waals surface area (Å²) in [6.45, 7) is 3.08. The predicted octanol–water partition coefficient (Wildman–Crippen LogP) is 1.98. The van der Waals surface area contributed by atoms with E-state index in [1.54, 1.807) is 31.2 Å². The Morgan fingerprint density at radius 2 is 1.96 bits per heavy atom. The minimum Gasteiger partial charge on any atom is -0.360 e. The normalized spacial score (nSPS) is 14.5. The number of nitrogens with zero attached hydrogens (tertiary/aromatic N) is 1. The topological polar surface area (TPSA) is 101 Å². The van der Waals surface area contributed by atoms with Gasteiger partial charge in [-0.2, -0.15) is 0 Å². The van der Waals surface area contributed by atoms with Gasteiger partial charge >= 0.3 is 0 Å². The fourth-order valence-electron chi connectivity index (χ4n) is 2.31. The van der Waals surface area contributed by atoms with Crippen LogP contribution in [0.4, 0.5) is 5.69 Å². The first-order valence-corrected chi connectivity index (χ1v) is 8.72. The summed E-state index contributed by atoms with van der Waals surface area (Å²) in [7, 11) is -3.89. The molecule has 7 nitrogen and oxygen atoms in total. The van der Waals surface area contributed by atoms with E-state index in [0.717, 1.165) is 12.8 Å². The van der Waals surface area contributed by atoms with Gasteiger partial charge in [-0.05, 0) is 38.8 Å². The number of hydrogen-bond donors (Lipinski definition) is 2. The summed E-state index contributed by atoms with van der Waals surface area (Å²) in [5.41, 5.74) is 0.787. The molecule has 1 fully saturated rings. The maximum Gasteiger partial charge on any atom is 0.267 e. The second-order valence-corrected chi connectivity index (χ2v) is 7.17. The van der Waals surface area contributed by atoms with Crippen LogP contribution in [0.1, 0.15) is 34.7 Å². The minimum atomic E-state index is -3.89. The van der Waals surface area contributed by atoms with Gasteiger partial charge in [0.25, 0.3) is 15.9 Å². The van der Waals surface area contributed by atoms with Crippen molar-refractivity contribution >= 4 is 21.6 Å². The van der Waals surface area contributed by atoms with Gasteiger partial charge in [0.1, 0.15) is 5.69 Å². The minimum absolute atomic E-state index is 0.00472. The molecule has 1 aliphatic rings. The molecule has 0 atom stereocenters. The fourth-order valence-corrected chi connectivity index (χ4v) is 3.73. The second kappa shape index (κ2) is 5.69. The summed E-state index contributed by atoms with van der Waals surface area (Å²) in [5, 5.41) is 6.51. The third kappa shape index (κ3) is 3.21. The van der Waals surface area contributed by atoms with Gasteiger partial charge in [-0.3, -0.25) is 9.52 Å². The van der Waals surface area contributed by atoms with Crippen LogP contribution in [-0.4, -0.2) is 25.5 Å². The first kappa shape index (κ1) is 15.5. The molecule has 8 heteroatoms. The van der Waals surface area contributed by atoms with Gasteiger partial charge in [0.2, 0.25) is 0 Å². The summed E-state index contributed by atoms with van der Waals surface area (Å²) in [5.74, 6) is -0.0838. The average molecular weight is 335 g/mol. The molecule has 1 aromatic heterocycles. The number of carbonyl (C=O) groups excluding carboxylic acids is 1. The van der Waals surface area contributed by atoms with Crippen LogP contribution < -0.4 is 10.0 Å². The van der Waals surface area contributed by atoms with E-state index < -0.39 is 10.0 Å². The molecular formula is C15H17N3O4S. The standard InChI is InChI=1S/C15H17N3O4S/c1-9-14(10(2)22-17-9)23(20,21)18-13-6-4-3-5-12(13)15(19)16-11-7-8-11/h3-6,11,18H,7-8H2,1-2H3,(H,16,19). The molecular weight excluding hydrogens is 318 g/mol. The lowest BCUT2D eigenvalue weighted by Gasteiger charge is -2.12. The number of aryl methyl sites for hydroxylation is 2. The molecule has 0 bridgehead atoms. The molecule has 1 saturated carbocycles. The van der Waals surface area contributed by atoms with Crippen LogP contribution in [0.25, 0.3) is 0 Å². The van der Waals surface area contributed by atoms with Crippen LogP contribution in [0.15, 0.2) is 33.7 Å². The monoisotopic (exact) mass is 335 g/mol. The quantitative estimate of drug-likeness (QED) is 0.870. The highest BCUT2D eigenvalue weighted by molar-refractivity contribution is 7.92. The molecule has 0 spiro atoms. The number of amides is 1. The number of benzene rings is 1. The number of sulfonamides is 1. The van der Waals surface area contributed by atoms with E-state index in [1.165, 1.54) is 6.92 Å². The van der Waals surface area contributed by atoms with Gasteiger partial charge in [0.15, 0.2) is 10.7 Å². The number of para-hydroxylation sites is 1. The Balaban J connectivity index is 1.92. The Labute approximate surface area is 134 Å². The number of anilines is 1. The zero-order valence-electron chi connectivity index (χ0n) is 12.8. The largest absolute Gasteiger partial charge is 0.360 e. The van der Waals surface area contributed by atoms with Crippen LogP contribution >= 0.6 is 0 Å². The van der Waals surface area contributed by atoms with Crippen LogP contribution in [-0.2, 0) is 10.0 Å². The first-order chi connectivity index (χ1) is 10.9. The molecule has 2 aromatic rings. The third-order valence-electron chi connectivity index (χ3n) is 3.57. The molecule has 23 heavy (non-hydrogen) atoms. The molecule has 0 aliphatic heterocycles. The van der Waals surface area contributed by atoms with Crippen molar-refractivity contribution in [3.63, 3.8) is 0 Å². The molecule has 2 N–H and O–H groups in total. The fraction of sp³-hybridized carbons (Fsp3) is 0.333. The Hall–Kier alpha value is -2.35. The smallest absolute Gasteiger partial charge is 0.267 e. The van der Waals surface area contributed by atoms with Gasteiger partial charge in [-0.1, -0.05) is 17.3 Å². The lowest BCUT2D eigenvalue weighted by atomic mass is 10.1. The molecule has 122 valence electrons. The maximum absolute atomic E-state index is 12.6. The van der Waals surface area contributed by atoms with Gasteiger partial charge in [0.05, 0.1) is 11.3 Å². The van der Waals surface area contributed by atoms with Crippen molar-refractivity contribution in [3.05, 3.63) is 41.3 Å². The van der Waals surface area contributed by atoms with Crippen molar-refractivity contribution in [1.29, 1.82) is 0 Å². The van der Waals surface area contributed by atoms with Crippen LogP contribution in [0.3, 0.4) is 0 Å². The Morgan fingerprint density at radius 1 is 1.26 bits per heavy atom. The zero-order valence-corrected chi connectivity index (χ0v) is 13.6. The summed E-state index contributed by atoms with van der Waals surface area (Å²) in [6, 6.07) is 6.68. The van der Waals surface area contributed by atoms with E-state index in [1.807, 2.05) is 0 Å². The molecule has 3 rings (SSSR count). The molecule has 1 amide bonds. The lowest BCUT2D eigenvalue weighted by molar-refractivity contribution is 0.0952. The molecule has 1 heterocycles. The number of carbonyl (C=O) groups is 1. The first-order valence-electron chi connectivity index (χ1n) is 7.24. The Bertz CT molecular complexity index is 834. The summed E-state index contributed by atoms with van der Waals surface area (Å²) in [6.07, 6.45) is 1.91.